The molecule has 1 saturated heterocycles. The van der Waals surface area contributed by atoms with Crippen LogP contribution in [0.2, 0.25) is 0 Å². The third-order valence-electron chi connectivity index (χ3n) is 2.53. The lowest BCUT2D eigenvalue weighted by molar-refractivity contribution is -0.155. The van der Waals surface area contributed by atoms with Gasteiger partial charge in [-0.1, -0.05) is 6.92 Å². The normalized spacial score (nSPS) is 25.3. The first-order chi connectivity index (χ1) is 7.36. The second kappa shape index (κ2) is 4.25. The molecule has 0 aliphatic carbocycles. The number of aliphatic carboxylic acids is 1. The maximum absolute atomic E-state index is 10.9. The zero-order chi connectivity index (χ0) is 12.5. The molecule has 1 rings (SSSR count). The summed E-state index contributed by atoms with van der Waals surface area (Å²) >= 11 is 0. The molecule has 0 radical (unpaired) electrons. The summed E-state index contributed by atoms with van der Waals surface area (Å²) in [5, 5.41) is 27.4. The standard InChI is InChI=1S/C8H12N2O6/c1-4-2-3-9(7(13)14)10(8(15)16)5(4)6(11)12/h4-5H,2-3H2,1H3,(H,11,12)(H,13,14)(H,15,16)/t4-,5-/m0/s1. The molecule has 2 atom stereocenters. The third-order valence-corrected chi connectivity index (χ3v) is 2.53. The fourth-order valence-electron chi connectivity index (χ4n) is 1.74. The number of hydrogen-bond donors (Lipinski definition) is 3. The number of amides is 2. The molecule has 90 valence electrons. The van der Waals surface area contributed by atoms with Gasteiger partial charge in [0.25, 0.3) is 0 Å². The highest BCUT2D eigenvalue weighted by Crippen LogP contribution is 2.24. The van der Waals surface area contributed by atoms with Crippen LogP contribution in [0.15, 0.2) is 0 Å². The lowest BCUT2D eigenvalue weighted by Gasteiger charge is -2.41. The average molecular weight is 232 g/mol. The van der Waals surface area contributed by atoms with E-state index in [1.807, 2.05) is 0 Å². The van der Waals surface area contributed by atoms with E-state index in [1.165, 1.54) is 0 Å². The minimum atomic E-state index is -1.58. The van der Waals surface area contributed by atoms with Crippen molar-refractivity contribution < 1.29 is 29.7 Å². The molecule has 0 bridgehead atoms. The lowest BCUT2D eigenvalue weighted by Crippen LogP contribution is -2.62. The van der Waals surface area contributed by atoms with Crippen molar-refractivity contribution in [2.45, 2.75) is 19.4 Å². The Morgan fingerprint density at radius 1 is 1.12 bits per heavy atom. The molecule has 8 heteroatoms. The maximum atomic E-state index is 10.9. The molecule has 1 aliphatic heterocycles. The average Bonchev–Trinajstić information content (AvgIpc) is 2.15. The van der Waals surface area contributed by atoms with E-state index in [0.717, 1.165) is 0 Å². The quantitative estimate of drug-likeness (QED) is 0.600. The van der Waals surface area contributed by atoms with Gasteiger partial charge in [0, 0.05) is 6.54 Å². The second-order valence-electron chi connectivity index (χ2n) is 3.58. The smallest absolute Gasteiger partial charge is 0.427 e. The summed E-state index contributed by atoms with van der Waals surface area (Å²) in [7, 11) is 0. The minimum absolute atomic E-state index is 0.0212. The van der Waals surface area contributed by atoms with Crippen molar-refractivity contribution in [1.29, 1.82) is 0 Å². The zero-order valence-electron chi connectivity index (χ0n) is 8.53. The highest BCUT2D eigenvalue weighted by Gasteiger charge is 2.43. The van der Waals surface area contributed by atoms with Gasteiger partial charge in [-0.05, 0) is 12.3 Å². The Hall–Kier alpha value is -1.99. The van der Waals surface area contributed by atoms with Crippen molar-refractivity contribution in [3.05, 3.63) is 0 Å². The number of carboxylic acids is 1. The zero-order valence-corrected chi connectivity index (χ0v) is 8.53. The van der Waals surface area contributed by atoms with Gasteiger partial charge in [0.1, 0.15) is 0 Å². The highest BCUT2D eigenvalue weighted by atomic mass is 16.4. The van der Waals surface area contributed by atoms with E-state index in [-0.39, 0.29) is 6.54 Å². The third kappa shape index (κ3) is 2.00. The van der Waals surface area contributed by atoms with Gasteiger partial charge < -0.3 is 15.3 Å². The van der Waals surface area contributed by atoms with Crippen LogP contribution in [-0.2, 0) is 4.79 Å². The maximum Gasteiger partial charge on any atom is 0.427 e. The van der Waals surface area contributed by atoms with E-state index < -0.39 is 30.1 Å². The highest BCUT2D eigenvalue weighted by molar-refractivity contribution is 5.81. The first-order valence-corrected chi connectivity index (χ1v) is 4.61. The SMILES string of the molecule is C[C@H]1CCN(C(=O)O)N(C(=O)O)[C@@H]1C(=O)O. The molecule has 16 heavy (non-hydrogen) atoms. The summed E-state index contributed by atoms with van der Waals surface area (Å²) in [6.07, 6.45) is -2.74. The van der Waals surface area contributed by atoms with Gasteiger partial charge in [-0.3, -0.25) is 0 Å². The monoisotopic (exact) mass is 232 g/mol. The number of carbonyl (C=O) groups is 3. The van der Waals surface area contributed by atoms with Gasteiger partial charge in [-0.15, -0.1) is 0 Å². The molecule has 2 amide bonds. The van der Waals surface area contributed by atoms with E-state index >= 15 is 0 Å². The van der Waals surface area contributed by atoms with Gasteiger partial charge >= 0.3 is 18.2 Å². The Balaban J connectivity index is 3.06. The van der Waals surface area contributed by atoms with Crippen molar-refractivity contribution in [3.8, 4) is 0 Å². The van der Waals surface area contributed by atoms with Crippen molar-refractivity contribution >= 4 is 18.2 Å². The van der Waals surface area contributed by atoms with Crippen molar-refractivity contribution in [2.24, 2.45) is 5.92 Å². The van der Waals surface area contributed by atoms with Gasteiger partial charge in [0.15, 0.2) is 6.04 Å². The number of carboxylic acid groups (broad SMARTS) is 3. The number of hydrogen-bond acceptors (Lipinski definition) is 3. The predicted octanol–water partition coefficient (Wildman–Crippen LogP) is 0.354. The van der Waals surface area contributed by atoms with Gasteiger partial charge in [0.2, 0.25) is 0 Å². The molecule has 0 saturated carbocycles. The Morgan fingerprint density at radius 2 is 1.69 bits per heavy atom. The molecule has 0 unspecified atom stereocenters. The van der Waals surface area contributed by atoms with Crippen LogP contribution in [0.5, 0.6) is 0 Å². The molecule has 3 N–H and O–H groups in total. The first-order valence-electron chi connectivity index (χ1n) is 4.61. The minimum Gasteiger partial charge on any atom is -0.480 e. The number of nitrogens with zero attached hydrogens (tertiary/aromatic N) is 2. The second-order valence-corrected chi connectivity index (χ2v) is 3.58. The van der Waals surface area contributed by atoms with Crippen LogP contribution in [0.1, 0.15) is 13.3 Å². The Morgan fingerprint density at radius 3 is 2.06 bits per heavy atom. The largest absolute Gasteiger partial charge is 0.480 e. The van der Waals surface area contributed by atoms with Crippen LogP contribution < -0.4 is 0 Å². The lowest BCUT2D eigenvalue weighted by atomic mass is 9.95. The summed E-state index contributed by atoms with van der Waals surface area (Å²) in [6.45, 7) is 1.56. The van der Waals surface area contributed by atoms with Crippen molar-refractivity contribution in [2.75, 3.05) is 6.54 Å². The predicted molar refractivity (Wildman–Crippen MR) is 49.8 cm³/mol. The molecule has 0 aromatic carbocycles. The number of rotatable bonds is 1. The van der Waals surface area contributed by atoms with E-state index in [4.69, 9.17) is 15.3 Å². The molecular formula is C8H12N2O6. The Labute approximate surface area is 90.6 Å². The molecule has 0 spiro atoms. The van der Waals surface area contributed by atoms with Crippen LogP contribution in [0.4, 0.5) is 9.59 Å². The Bertz CT molecular complexity index is 330. The molecule has 1 fully saturated rings. The molecule has 1 heterocycles. The molecular weight excluding hydrogens is 220 g/mol. The Kier molecular flexibility index (Phi) is 3.21. The van der Waals surface area contributed by atoms with Crippen molar-refractivity contribution in [1.82, 2.24) is 10.0 Å². The first kappa shape index (κ1) is 12.1. The van der Waals surface area contributed by atoms with Gasteiger partial charge in [-0.2, -0.15) is 5.01 Å². The molecule has 8 nitrogen and oxygen atoms in total. The van der Waals surface area contributed by atoms with Crippen LogP contribution >= 0.6 is 0 Å². The summed E-state index contributed by atoms with van der Waals surface area (Å²) in [5.41, 5.74) is 0. The van der Waals surface area contributed by atoms with E-state index in [9.17, 15) is 14.4 Å². The van der Waals surface area contributed by atoms with Crippen LogP contribution in [0.3, 0.4) is 0 Å². The summed E-state index contributed by atoms with van der Waals surface area (Å²) in [6, 6.07) is -1.36. The molecule has 0 aromatic heterocycles. The summed E-state index contributed by atoms with van der Waals surface area (Å²) in [5.74, 6) is -1.77. The van der Waals surface area contributed by atoms with Crippen LogP contribution in [-0.4, -0.2) is 56.1 Å². The van der Waals surface area contributed by atoms with E-state index in [0.29, 0.717) is 16.4 Å². The van der Waals surface area contributed by atoms with Gasteiger partial charge in [-0.25, -0.2) is 19.4 Å². The molecule has 0 aromatic rings. The van der Waals surface area contributed by atoms with Crippen LogP contribution in [0, 0.1) is 5.92 Å². The fraction of sp³-hybridized carbons (Fsp3) is 0.625. The topological polar surface area (TPSA) is 118 Å². The van der Waals surface area contributed by atoms with Gasteiger partial charge in [0.05, 0.1) is 0 Å². The number of hydrazine groups is 1. The van der Waals surface area contributed by atoms with E-state index in [2.05, 4.69) is 0 Å². The van der Waals surface area contributed by atoms with E-state index in [1.54, 1.807) is 6.92 Å². The summed E-state index contributed by atoms with van der Waals surface area (Å²) in [4.78, 5) is 32.6. The fourth-order valence-corrected chi connectivity index (χ4v) is 1.74. The van der Waals surface area contributed by atoms with Crippen molar-refractivity contribution in [3.63, 3.8) is 0 Å². The summed E-state index contributed by atoms with van der Waals surface area (Å²) < 4.78 is 0. The molecule has 1 aliphatic rings. The van der Waals surface area contributed by atoms with Crippen LogP contribution in [0.25, 0.3) is 0 Å².